The lowest BCUT2D eigenvalue weighted by atomic mass is 10.4. The molecule has 5 heteroatoms. The molecule has 0 rings (SSSR count). The van der Waals surface area contributed by atoms with Crippen LogP contribution in [0, 0.1) is 11.3 Å². The van der Waals surface area contributed by atoms with Gasteiger partial charge in [-0.05, 0) is 6.92 Å². The minimum atomic E-state index is 0.0556. The SMILES string of the molecule is CCON=C(C#N)CN[C]=O. The smallest absolute Gasteiger partial charge is 0.309 e. The van der Waals surface area contributed by atoms with E-state index in [0.29, 0.717) is 6.61 Å². The summed E-state index contributed by atoms with van der Waals surface area (Å²) in [4.78, 5) is 14.2. The van der Waals surface area contributed by atoms with E-state index in [1.54, 1.807) is 13.0 Å². The Balaban J connectivity index is 3.76. The fraction of sp³-hybridized carbons (Fsp3) is 0.500. The fourth-order valence-electron chi connectivity index (χ4n) is 0.354. The van der Waals surface area contributed by atoms with Crippen LogP contribution in [0.3, 0.4) is 0 Å². The van der Waals surface area contributed by atoms with Crippen LogP contribution in [0.1, 0.15) is 6.92 Å². The van der Waals surface area contributed by atoms with Gasteiger partial charge in [0.2, 0.25) is 0 Å². The van der Waals surface area contributed by atoms with Crippen molar-refractivity contribution in [1.29, 1.82) is 5.26 Å². The van der Waals surface area contributed by atoms with Crippen LogP contribution >= 0.6 is 0 Å². The first-order chi connectivity index (χ1) is 5.35. The van der Waals surface area contributed by atoms with Crippen LogP contribution in [0.15, 0.2) is 5.16 Å². The van der Waals surface area contributed by atoms with Crippen LogP contribution in [0.2, 0.25) is 0 Å². The summed E-state index contributed by atoms with van der Waals surface area (Å²) in [5.74, 6) is 0. The first-order valence-corrected chi connectivity index (χ1v) is 3.04. The fourth-order valence-corrected chi connectivity index (χ4v) is 0.354. The number of amides is 1. The van der Waals surface area contributed by atoms with Gasteiger partial charge in [0.05, 0.1) is 6.54 Å². The molecule has 1 radical (unpaired) electrons. The van der Waals surface area contributed by atoms with E-state index in [9.17, 15) is 4.79 Å². The second-order valence-corrected chi connectivity index (χ2v) is 1.52. The van der Waals surface area contributed by atoms with Crippen molar-refractivity contribution in [2.75, 3.05) is 13.2 Å². The Morgan fingerprint density at radius 2 is 2.55 bits per heavy atom. The zero-order valence-corrected chi connectivity index (χ0v) is 6.13. The number of hydrogen-bond donors (Lipinski definition) is 1. The highest BCUT2D eigenvalue weighted by Crippen LogP contribution is 1.78. The highest BCUT2D eigenvalue weighted by molar-refractivity contribution is 6.00. The molecule has 0 fully saturated rings. The lowest BCUT2D eigenvalue weighted by Gasteiger charge is -1.94. The van der Waals surface area contributed by atoms with E-state index in [1.165, 1.54) is 6.41 Å². The molecule has 1 N–H and O–H groups in total. The predicted molar refractivity (Wildman–Crippen MR) is 38.4 cm³/mol. The molecule has 0 aliphatic rings. The molecule has 0 aromatic carbocycles. The lowest BCUT2D eigenvalue weighted by molar-refractivity contribution is 0.159. The molecule has 0 aromatic heterocycles. The van der Waals surface area contributed by atoms with E-state index < -0.39 is 0 Å². The van der Waals surface area contributed by atoms with Gasteiger partial charge in [-0.15, -0.1) is 0 Å². The first-order valence-electron chi connectivity index (χ1n) is 3.04. The van der Waals surface area contributed by atoms with Crippen LogP contribution in [0.4, 0.5) is 0 Å². The van der Waals surface area contributed by atoms with Gasteiger partial charge in [0.25, 0.3) is 0 Å². The van der Waals surface area contributed by atoms with E-state index in [0.717, 1.165) is 0 Å². The number of rotatable bonds is 5. The second-order valence-electron chi connectivity index (χ2n) is 1.52. The Labute approximate surface area is 64.6 Å². The number of nitrogens with zero attached hydrogens (tertiary/aromatic N) is 2. The second kappa shape index (κ2) is 6.55. The molecule has 1 amide bonds. The van der Waals surface area contributed by atoms with Crippen LogP contribution < -0.4 is 5.32 Å². The van der Waals surface area contributed by atoms with E-state index in [4.69, 9.17) is 5.26 Å². The quantitative estimate of drug-likeness (QED) is 0.331. The number of oxime groups is 1. The Morgan fingerprint density at radius 1 is 1.82 bits per heavy atom. The number of nitrogens with one attached hydrogen (secondary N) is 1. The highest BCUT2D eigenvalue weighted by atomic mass is 16.6. The molecule has 5 nitrogen and oxygen atoms in total. The summed E-state index contributed by atoms with van der Waals surface area (Å²) in [6.45, 7) is 2.20. The van der Waals surface area contributed by atoms with Crippen LogP contribution in [0.25, 0.3) is 0 Å². The van der Waals surface area contributed by atoms with Gasteiger partial charge in [0, 0.05) is 0 Å². The van der Waals surface area contributed by atoms with Gasteiger partial charge in [-0.25, -0.2) is 0 Å². The van der Waals surface area contributed by atoms with Crippen molar-refractivity contribution in [3.63, 3.8) is 0 Å². The monoisotopic (exact) mass is 154 g/mol. The molecule has 0 aliphatic carbocycles. The molecule has 0 aliphatic heterocycles. The Morgan fingerprint density at radius 3 is 3.00 bits per heavy atom. The molecule has 59 valence electrons. The summed E-state index contributed by atoms with van der Waals surface area (Å²) in [5.41, 5.74) is 0.121. The minimum absolute atomic E-state index is 0.0556. The lowest BCUT2D eigenvalue weighted by Crippen LogP contribution is -2.20. The molecule has 0 heterocycles. The minimum Gasteiger partial charge on any atom is -0.395 e. The van der Waals surface area contributed by atoms with Crippen molar-refractivity contribution in [2.45, 2.75) is 6.92 Å². The molecule has 0 bridgehead atoms. The van der Waals surface area contributed by atoms with Crippen molar-refractivity contribution in [1.82, 2.24) is 5.32 Å². The normalized spacial score (nSPS) is 10.0. The van der Waals surface area contributed by atoms with Crippen LogP contribution in [0.5, 0.6) is 0 Å². The molecular weight excluding hydrogens is 146 g/mol. The average Bonchev–Trinajstić information content (AvgIpc) is 2.05. The molecule has 0 aromatic rings. The molecule has 0 unspecified atom stereocenters. The molecular formula is C6H8N3O2. The summed E-state index contributed by atoms with van der Waals surface area (Å²) in [6.07, 6.45) is 1.42. The van der Waals surface area contributed by atoms with Gasteiger partial charge in [-0.1, -0.05) is 5.16 Å². The predicted octanol–water partition coefficient (Wildman–Crippen LogP) is -0.441. The summed E-state index contributed by atoms with van der Waals surface area (Å²) in [7, 11) is 0. The van der Waals surface area contributed by atoms with E-state index >= 15 is 0 Å². The van der Waals surface area contributed by atoms with Crippen molar-refractivity contribution in [3.05, 3.63) is 0 Å². The third-order valence-electron chi connectivity index (χ3n) is 0.761. The summed E-state index contributed by atoms with van der Waals surface area (Å²) in [6, 6.07) is 1.76. The van der Waals surface area contributed by atoms with Crippen LogP contribution in [-0.2, 0) is 9.63 Å². The topological polar surface area (TPSA) is 74.5 Å². The average molecular weight is 154 g/mol. The first kappa shape index (κ1) is 9.43. The van der Waals surface area contributed by atoms with Gasteiger partial charge in [0.1, 0.15) is 12.7 Å². The summed E-state index contributed by atoms with van der Waals surface area (Å²) < 4.78 is 0. The molecule has 0 atom stereocenters. The van der Waals surface area contributed by atoms with Gasteiger partial charge in [-0.2, -0.15) is 5.26 Å². The molecule has 0 spiro atoms. The van der Waals surface area contributed by atoms with Gasteiger partial charge in [0.15, 0.2) is 5.71 Å². The number of hydrogen-bond acceptors (Lipinski definition) is 4. The van der Waals surface area contributed by atoms with Crippen molar-refractivity contribution in [3.8, 4) is 6.07 Å². The van der Waals surface area contributed by atoms with Crippen molar-refractivity contribution < 1.29 is 9.63 Å². The maximum absolute atomic E-state index is 9.66. The maximum atomic E-state index is 9.66. The molecule has 0 saturated heterocycles. The third kappa shape index (κ3) is 4.90. The zero-order valence-electron chi connectivity index (χ0n) is 6.13. The standard InChI is InChI=1S/C6H8N3O2/c1-2-11-9-6(3-7)4-8-5-10/h2,4H2,1H3,(H,8,10). The van der Waals surface area contributed by atoms with Gasteiger partial charge in [-0.3, -0.25) is 4.79 Å². The largest absolute Gasteiger partial charge is 0.395 e. The van der Waals surface area contributed by atoms with Crippen LogP contribution in [-0.4, -0.2) is 25.3 Å². The van der Waals surface area contributed by atoms with E-state index in [1.807, 2.05) is 0 Å². The van der Waals surface area contributed by atoms with Gasteiger partial charge >= 0.3 is 6.41 Å². The molecule has 11 heavy (non-hydrogen) atoms. The highest BCUT2D eigenvalue weighted by Gasteiger charge is 1.95. The van der Waals surface area contributed by atoms with Crippen molar-refractivity contribution in [2.24, 2.45) is 5.16 Å². The zero-order chi connectivity index (χ0) is 8.53. The number of nitriles is 1. The Kier molecular flexibility index (Phi) is 5.61. The molecule has 0 saturated carbocycles. The van der Waals surface area contributed by atoms with E-state index in [2.05, 4.69) is 15.3 Å². The summed E-state index contributed by atoms with van der Waals surface area (Å²) in [5, 5.41) is 13.9. The third-order valence-corrected chi connectivity index (χ3v) is 0.761. The van der Waals surface area contributed by atoms with Gasteiger partial charge < -0.3 is 10.2 Å². The van der Waals surface area contributed by atoms with Crippen molar-refractivity contribution >= 4 is 12.1 Å². The maximum Gasteiger partial charge on any atom is 0.309 e. The van der Waals surface area contributed by atoms with E-state index in [-0.39, 0.29) is 12.3 Å². The Bertz CT molecular complexity index is 183. The number of carbonyl (C=O) groups excluding carboxylic acids is 1. The summed E-state index contributed by atoms with van der Waals surface area (Å²) >= 11 is 0. The Hall–Kier alpha value is -1.57.